The van der Waals surface area contributed by atoms with Crippen molar-refractivity contribution in [1.82, 2.24) is 5.32 Å². The van der Waals surface area contributed by atoms with E-state index in [9.17, 15) is 9.90 Å². The highest BCUT2D eigenvalue weighted by atomic mass is 16.3. The van der Waals surface area contributed by atoms with Gasteiger partial charge in [0.25, 0.3) is 5.91 Å². The van der Waals surface area contributed by atoms with Gasteiger partial charge in [-0.05, 0) is 12.8 Å². The Bertz CT molecular complexity index is 379. The second-order valence-corrected chi connectivity index (χ2v) is 3.24. The van der Waals surface area contributed by atoms with E-state index in [1.54, 1.807) is 24.3 Å². The molecule has 1 rings (SSSR count). The van der Waals surface area contributed by atoms with Crippen molar-refractivity contribution in [2.75, 3.05) is 6.61 Å². The Kier molecular flexibility index (Phi) is 4.63. The Labute approximate surface area is 93.5 Å². The van der Waals surface area contributed by atoms with Crippen molar-refractivity contribution in [3.8, 4) is 5.75 Å². The Hall–Kier alpha value is -1.72. The molecule has 16 heavy (non-hydrogen) atoms. The summed E-state index contributed by atoms with van der Waals surface area (Å²) in [5.74, 6) is -0.372. The summed E-state index contributed by atoms with van der Waals surface area (Å²) in [7, 11) is 0. The van der Waals surface area contributed by atoms with Gasteiger partial charge in [0.1, 0.15) is 11.8 Å². The van der Waals surface area contributed by atoms with E-state index < -0.39 is 11.9 Å². The van der Waals surface area contributed by atoms with Gasteiger partial charge in [0.05, 0.1) is 6.61 Å². The Balaban J connectivity index is 2.59. The largest absolute Gasteiger partial charge is 0.508 e. The van der Waals surface area contributed by atoms with Crippen LogP contribution in [-0.2, 0) is 11.3 Å². The number of aliphatic hydroxyl groups is 1. The molecule has 0 heterocycles. The zero-order valence-electron chi connectivity index (χ0n) is 8.76. The number of carbonyl (C=O) groups is 1. The zero-order valence-corrected chi connectivity index (χ0v) is 8.76. The van der Waals surface area contributed by atoms with Crippen molar-refractivity contribution in [2.45, 2.75) is 12.6 Å². The molecule has 1 aromatic rings. The maximum atomic E-state index is 11.1. The van der Waals surface area contributed by atoms with Gasteiger partial charge in [-0.2, -0.15) is 0 Å². The van der Waals surface area contributed by atoms with Crippen molar-refractivity contribution in [3.05, 3.63) is 29.8 Å². The molecule has 5 nitrogen and oxygen atoms in total. The van der Waals surface area contributed by atoms with Gasteiger partial charge < -0.3 is 10.2 Å². The Morgan fingerprint density at radius 1 is 1.50 bits per heavy atom. The van der Waals surface area contributed by atoms with Crippen molar-refractivity contribution < 1.29 is 15.0 Å². The maximum Gasteiger partial charge on any atom is 0.264 e. The van der Waals surface area contributed by atoms with Crippen LogP contribution in [0.1, 0.15) is 5.56 Å². The first-order valence-electron chi connectivity index (χ1n) is 4.80. The van der Waals surface area contributed by atoms with Crippen LogP contribution >= 0.6 is 0 Å². The summed E-state index contributed by atoms with van der Waals surface area (Å²) in [5.41, 5.74) is 0.651. The van der Waals surface area contributed by atoms with Crippen LogP contribution in [0.15, 0.2) is 29.3 Å². The van der Waals surface area contributed by atoms with Gasteiger partial charge in [-0.15, -0.1) is 0 Å². The third kappa shape index (κ3) is 3.15. The molecule has 3 N–H and O–H groups in total. The monoisotopic (exact) mass is 222 g/mol. The molecular formula is C11H14N2O3. The third-order valence-corrected chi connectivity index (χ3v) is 2.17. The van der Waals surface area contributed by atoms with Crippen LogP contribution in [0.25, 0.3) is 0 Å². The molecule has 1 aromatic carbocycles. The summed E-state index contributed by atoms with van der Waals surface area (Å²) >= 11 is 0. The highest BCUT2D eigenvalue weighted by molar-refractivity contribution is 5.85. The minimum absolute atomic E-state index is 0.144. The molecule has 0 aliphatic rings. The molecule has 1 atom stereocenters. The lowest BCUT2D eigenvalue weighted by Gasteiger charge is -2.12. The normalized spacial score (nSPS) is 12.1. The number of carbonyl (C=O) groups excluding carboxylic acids is 1. The van der Waals surface area contributed by atoms with E-state index in [1.165, 1.54) is 0 Å². The average molecular weight is 222 g/mol. The van der Waals surface area contributed by atoms with E-state index in [4.69, 9.17) is 5.11 Å². The van der Waals surface area contributed by atoms with Crippen LogP contribution in [0.5, 0.6) is 5.75 Å². The minimum atomic E-state index is -0.780. The molecule has 5 heteroatoms. The number of nitrogens with one attached hydrogen (secondary N) is 1. The summed E-state index contributed by atoms with van der Waals surface area (Å²) < 4.78 is 0. The Morgan fingerprint density at radius 3 is 2.75 bits per heavy atom. The second kappa shape index (κ2) is 5.99. The molecule has 0 aliphatic carbocycles. The Morgan fingerprint density at radius 2 is 2.19 bits per heavy atom. The smallest absolute Gasteiger partial charge is 0.264 e. The fourth-order valence-corrected chi connectivity index (χ4v) is 1.23. The summed E-state index contributed by atoms with van der Waals surface area (Å²) in [6, 6.07) is 5.98. The minimum Gasteiger partial charge on any atom is -0.508 e. The first-order valence-corrected chi connectivity index (χ1v) is 4.80. The molecule has 0 fully saturated rings. The maximum absolute atomic E-state index is 11.1. The van der Waals surface area contributed by atoms with Gasteiger partial charge >= 0.3 is 0 Å². The van der Waals surface area contributed by atoms with Crippen molar-refractivity contribution in [3.63, 3.8) is 0 Å². The number of phenolic OH excluding ortho intramolecular Hbond substituents is 1. The molecular weight excluding hydrogens is 208 g/mol. The molecule has 0 aromatic heterocycles. The lowest BCUT2D eigenvalue weighted by molar-refractivity contribution is -0.120. The first kappa shape index (κ1) is 12.4. The van der Waals surface area contributed by atoms with Crippen LogP contribution < -0.4 is 5.32 Å². The van der Waals surface area contributed by atoms with Crippen LogP contribution in [0, 0.1) is 0 Å². The number of hydrogen-bond acceptors (Lipinski definition) is 4. The standard InChI is InChI=1S/C11H14N2O3/c1-12-11(16)9(7-14)13-6-8-4-2-3-5-10(8)15/h2-5,9,13-15H,1,6-7H2. The topological polar surface area (TPSA) is 81.9 Å². The molecule has 86 valence electrons. The number of phenols is 1. The predicted molar refractivity (Wildman–Crippen MR) is 60.4 cm³/mol. The summed E-state index contributed by atoms with van der Waals surface area (Å²) in [5, 5.41) is 21.2. The molecule has 1 unspecified atom stereocenters. The highest BCUT2D eigenvalue weighted by Gasteiger charge is 2.15. The van der Waals surface area contributed by atoms with Crippen LogP contribution in [0.3, 0.4) is 0 Å². The van der Waals surface area contributed by atoms with Crippen LogP contribution in [-0.4, -0.2) is 35.5 Å². The van der Waals surface area contributed by atoms with Crippen molar-refractivity contribution >= 4 is 12.6 Å². The number of benzene rings is 1. The van der Waals surface area contributed by atoms with E-state index >= 15 is 0 Å². The average Bonchev–Trinajstić information content (AvgIpc) is 2.31. The summed E-state index contributed by atoms with van der Waals surface area (Å²) in [6.07, 6.45) is 0. The van der Waals surface area contributed by atoms with Gasteiger partial charge in [-0.3, -0.25) is 10.1 Å². The molecule has 1 amide bonds. The number of para-hydroxylation sites is 1. The predicted octanol–water partition coefficient (Wildman–Crippen LogP) is 0.0699. The van der Waals surface area contributed by atoms with Gasteiger partial charge in [0.2, 0.25) is 0 Å². The number of aromatic hydroxyl groups is 1. The fraction of sp³-hybridized carbons (Fsp3) is 0.273. The van der Waals surface area contributed by atoms with Crippen LogP contribution in [0.2, 0.25) is 0 Å². The molecule has 0 aliphatic heterocycles. The molecule has 0 saturated heterocycles. The second-order valence-electron chi connectivity index (χ2n) is 3.24. The quantitative estimate of drug-likeness (QED) is 0.616. The summed E-state index contributed by atoms with van der Waals surface area (Å²) in [6.45, 7) is 3.02. The van der Waals surface area contributed by atoms with Gasteiger partial charge in [-0.25, -0.2) is 4.99 Å². The lowest BCUT2D eigenvalue weighted by Crippen LogP contribution is -2.38. The number of aliphatic hydroxyl groups excluding tert-OH is 1. The number of hydrogen-bond donors (Lipinski definition) is 3. The van der Waals surface area contributed by atoms with Crippen molar-refractivity contribution in [1.29, 1.82) is 0 Å². The summed E-state index contributed by atoms with van der Waals surface area (Å²) in [4.78, 5) is 14.4. The lowest BCUT2D eigenvalue weighted by atomic mass is 10.2. The van der Waals surface area contributed by atoms with Gasteiger partial charge in [0, 0.05) is 12.1 Å². The van der Waals surface area contributed by atoms with Crippen molar-refractivity contribution in [2.24, 2.45) is 4.99 Å². The zero-order chi connectivity index (χ0) is 12.0. The molecule has 0 saturated carbocycles. The molecule has 0 bridgehead atoms. The van der Waals surface area contributed by atoms with E-state index in [0.29, 0.717) is 5.56 Å². The molecule has 0 spiro atoms. The van der Waals surface area contributed by atoms with E-state index in [0.717, 1.165) is 0 Å². The van der Waals surface area contributed by atoms with E-state index in [1.807, 2.05) is 0 Å². The number of aliphatic imine (C=N–C) groups is 1. The molecule has 0 radical (unpaired) electrons. The van der Waals surface area contributed by atoms with E-state index in [-0.39, 0.29) is 18.9 Å². The third-order valence-electron chi connectivity index (χ3n) is 2.17. The number of rotatable bonds is 5. The van der Waals surface area contributed by atoms with Gasteiger partial charge in [0.15, 0.2) is 0 Å². The van der Waals surface area contributed by atoms with E-state index in [2.05, 4.69) is 17.0 Å². The van der Waals surface area contributed by atoms with Crippen LogP contribution in [0.4, 0.5) is 0 Å². The van der Waals surface area contributed by atoms with Gasteiger partial charge in [-0.1, -0.05) is 18.2 Å². The highest BCUT2D eigenvalue weighted by Crippen LogP contribution is 2.14. The number of amides is 1. The number of nitrogens with zero attached hydrogens (tertiary/aromatic N) is 1. The SMILES string of the molecule is C=NC(=O)C(CO)NCc1ccccc1O. The first-order chi connectivity index (χ1) is 7.69. The fourth-order valence-electron chi connectivity index (χ4n) is 1.23.